The molecule has 0 aromatic heterocycles. The van der Waals surface area contributed by atoms with Crippen LogP contribution in [-0.2, 0) is 4.79 Å². The molecule has 146 valence electrons. The fraction of sp³-hybridized carbons (Fsp3) is 0.300. The number of ether oxygens (including phenoxy) is 2. The number of halogens is 1. The quantitative estimate of drug-likeness (QED) is 0.757. The number of benzene rings is 2. The number of amides is 3. The summed E-state index contributed by atoms with van der Waals surface area (Å²) in [6, 6.07) is 10.4. The summed E-state index contributed by atoms with van der Waals surface area (Å²) in [5.74, 6) is 1.28. The average Bonchev–Trinajstić information content (AvgIpc) is 3.04. The second-order valence-corrected chi connectivity index (χ2v) is 7.65. The predicted octanol–water partition coefficient (Wildman–Crippen LogP) is 3.46. The third-order valence-electron chi connectivity index (χ3n) is 4.71. The standard InChI is InChI=1S/C20H20BrN3O4/c1-12-8-13(2-4-16(12)21)22-20(26)23-14-9-19(25)24(11-14)15-3-5-17-18(10-15)28-7-6-27-17/h2-5,8,10,14H,6-7,9,11H2,1H3,(H2,22,23,26)/t14-/m1/s1. The highest BCUT2D eigenvalue weighted by molar-refractivity contribution is 9.10. The van der Waals surface area contributed by atoms with E-state index >= 15 is 0 Å². The van der Waals surface area contributed by atoms with Gasteiger partial charge in [-0.1, -0.05) is 15.9 Å². The number of nitrogens with one attached hydrogen (secondary N) is 2. The van der Waals surface area contributed by atoms with Gasteiger partial charge in [0, 0.05) is 34.9 Å². The lowest BCUT2D eigenvalue weighted by Gasteiger charge is -2.22. The van der Waals surface area contributed by atoms with Crippen LogP contribution in [0.5, 0.6) is 11.5 Å². The number of carbonyl (C=O) groups excluding carboxylic acids is 2. The molecule has 2 heterocycles. The number of carbonyl (C=O) groups is 2. The summed E-state index contributed by atoms with van der Waals surface area (Å²) in [6.45, 7) is 3.37. The average molecular weight is 446 g/mol. The van der Waals surface area contributed by atoms with Crippen molar-refractivity contribution in [3.63, 3.8) is 0 Å². The van der Waals surface area contributed by atoms with Crippen LogP contribution in [-0.4, -0.2) is 37.7 Å². The number of nitrogens with zero attached hydrogens (tertiary/aromatic N) is 1. The van der Waals surface area contributed by atoms with E-state index in [2.05, 4.69) is 26.6 Å². The topological polar surface area (TPSA) is 79.9 Å². The zero-order valence-electron chi connectivity index (χ0n) is 15.3. The summed E-state index contributed by atoms with van der Waals surface area (Å²) in [7, 11) is 0. The first kappa shape index (κ1) is 18.6. The van der Waals surface area contributed by atoms with E-state index in [0.717, 1.165) is 15.7 Å². The minimum atomic E-state index is -0.330. The minimum Gasteiger partial charge on any atom is -0.486 e. The Bertz CT molecular complexity index is 934. The first-order valence-corrected chi connectivity index (χ1v) is 9.82. The van der Waals surface area contributed by atoms with Crippen molar-refractivity contribution in [3.8, 4) is 11.5 Å². The molecule has 4 rings (SSSR count). The number of aryl methyl sites for hydroxylation is 1. The van der Waals surface area contributed by atoms with Crippen molar-refractivity contribution >= 4 is 39.2 Å². The van der Waals surface area contributed by atoms with Crippen LogP contribution in [0.3, 0.4) is 0 Å². The highest BCUT2D eigenvalue weighted by Gasteiger charge is 2.32. The van der Waals surface area contributed by atoms with Crippen molar-refractivity contribution < 1.29 is 19.1 Å². The molecule has 2 N–H and O–H groups in total. The largest absolute Gasteiger partial charge is 0.486 e. The number of rotatable bonds is 3. The van der Waals surface area contributed by atoms with Gasteiger partial charge >= 0.3 is 6.03 Å². The van der Waals surface area contributed by atoms with Crippen LogP contribution in [0.4, 0.5) is 16.2 Å². The van der Waals surface area contributed by atoms with Gasteiger partial charge in [0.25, 0.3) is 0 Å². The van der Waals surface area contributed by atoms with Gasteiger partial charge in [-0.3, -0.25) is 4.79 Å². The third kappa shape index (κ3) is 3.91. The lowest BCUT2D eigenvalue weighted by atomic mass is 10.2. The second kappa shape index (κ2) is 7.71. The van der Waals surface area contributed by atoms with Crippen LogP contribution in [0.1, 0.15) is 12.0 Å². The molecule has 7 nitrogen and oxygen atoms in total. The molecule has 2 aromatic carbocycles. The SMILES string of the molecule is Cc1cc(NC(=O)N[C@@H]2CC(=O)N(c3ccc4c(c3)OCCO4)C2)ccc1Br. The van der Waals surface area contributed by atoms with Gasteiger partial charge in [0.15, 0.2) is 11.5 Å². The van der Waals surface area contributed by atoms with E-state index in [-0.39, 0.29) is 24.4 Å². The van der Waals surface area contributed by atoms with Crippen LogP contribution < -0.4 is 25.0 Å². The van der Waals surface area contributed by atoms with E-state index in [1.54, 1.807) is 17.0 Å². The maximum absolute atomic E-state index is 12.5. The summed E-state index contributed by atoms with van der Waals surface area (Å²) in [4.78, 5) is 26.4. The molecule has 0 bridgehead atoms. The molecule has 1 fully saturated rings. The van der Waals surface area contributed by atoms with Crippen LogP contribution in [0.2, 0.25) is 0 Å². The van der Waals surface area contributed by atoms with Crippen molar-refractivity contribution in [2.75, 3.05) is 30.0 Å². The first-order chi connectivity index (χ1) is 13.5. The molecular formula is C20H20BrN3O4. The Morgan fingerprint density at radius 1 is 1.14 bits per heavy atom. The fourth-order valence-corrected chi connectivity index (χ4v) is 3.58. The van der Waals surface area contributed by atoms with E-state index < -0.39 is 0 Å². The van der Waals surface area contributed by atoms with Crippen molar-refractivity contribution in [2.45, 2.75) is 19.4 Å². The van der Waals surface area contributed by atoms with Gasteiger partial charge in [-0.2, -0.15) is 0 Å². The Morgan fingerprint density at radius 3 is 2.71 bits per heavy atom. The van der Waals surface area contributed by atoms with Gasteiger partial charge in [-0.05, 0) is 42.8 Å². The van der Waals surface area contributed by atoms with Gasteiger partial charge in [0.1, 0.15) is 13.2 Å². The smallest absolute Gasteiger partial charge is 0.319 e. The number of urea groups is 1. The number of hydrogen-bond donors (Lipinski definition) is 2. The number of hydrogen-bond acceptors (Lipinski definition) is 4. The number of fused-ring (bicyclic) bond motifs is 1. The Labute approximate surface area is 171 Å². The zero-order valence-corrected chi connectivity index (χ0v) is 16.9. The Hall–Kier alpha value is -2.74. The van der Waals surface area contributed by atoms with Crippen molar-refractivity contribution in [3.05, 3.63) is 46.4 Å². The van der Waals surface area contributed by atoms with Crippen LogP contribution in [0.25, 0.3) is 0 Å². The molecule has 0 unspecified atom stereocenters. The summed E-state index contributed by atoms with van der Waals surface area (Å²) < 4.78 is 12.1. The number of anilines is 2. The van der Waals surface area contributed by atoms with Crippen molar-refractivity contribution in [2.24, 2.45) is 0 Å². The van der Waals surface area contributed by atoms with E-state index in [1.165, 1.54) is 0 Å². The van der Waals surface area contributed by atoms with Gasteiger partial charge < -0.3 is 25.0 Å². The third-order valence-corrected chi connectivity index (χ3v) is 5.60. The molecule has 3 amide bonds. The molecule has 0 saturated carbocycles. The molecule has 0 aliphatic carbocycles. The monoisotopic (exact) mass is 445 g/mol. The lowest BCUT2D eigenvalue weighted by molar-refractivity contribution is -0.117. The zero-order chi connectivity index (χ0) is 19.7. The summed E-state index contributed by atoms with van der Waals surface area (Å²) in [5, 5.41) is 5.68. The molecule has 28 heavy (non-hydrogen) atoms. The highest BCUT2D eigenvalue weighted by Crippen LogP contribution is 2.35. The van der Waals surface area contributed by atoms with Crippen LogP contribution in [0.15, 0.2) is 40.9 Å². The van der Waals surface area contributed by atoms with Gasteiger partial charge in [-0.15, -0.1) is 0 Å². The van der Waals surface area contributed by atoms with Gasteiger partial charge in [0.05, 0.1) is 6.04 Å². The van der Waals surface area contributed by atoms with Gasteiger partial charge in [-0.25, -0.2) is 4.79 Å². The summed E-state index contributed by atoms with van der Waals surface area (Å²) >= 11 is 3.44. The fourth-order valence-electron chi connectivity index (χ4n) is 3.33. The molecule has 0 spiro atoms. The minimum absolute atomic E-state index is 0.0403. The molecule has 0 radical (unpaired) electrons. The van der Waals surface area contributed by atoms with Crippen molar-refractivity contribution in [1.82, 2.24) is 5.32 Å². The first-order valence-electron chi connectivity index (χ1n) is 9.03. The molecule has 1 saturated heterocycles. The highest BCUT2D eigenvalue weighted by atomic mass is 79.9. The molecule has 1 atom stereocenters. The normalized spacial score (nSPS) is 18.1. The van der Waals surface area contributed by atoms with E-state index in [9.17, 15) is 9.59 Å². The summed E-state index contributed by atoms with van der Waals surface area (Å²) in [5.41, 5.74) is 2.47. The lowest BCUT2D eigenvalue weighted by Crippen LogP contribution is -2.39. The molecule has 8 heteroatoms. The van der Waals surface area contributed by atoms with Crippen LogP contribution in [0, 0.1) is 6.92 Å². The molecule has 2 aliphatic rings. The van der Waals surface area contributed by atoms with E-state index in [0.29, 0.717) is 36.9 Å². The Morgan fingerprint density at radius 2 is 1.93 bits per heavy atom. The molecule has 2 aliphatic heterocycles. The second-order valence-electron chi connectivity index (χ2n) is 6.80. The van der Waals surface area contributed by atoms with Crippen LogP contribution >= 0.6 is 15.9 Å². The maximum atomic E-state index is 12.5. The molecular weight excluding hydrogens is 426 g/mol. The van der Waals surface area contributed by atoms with E-state index in [4.69, 9.17) is 9.47 Å². The maximum Gasteiger partial charge on any atom is 0.319 e. The van der Waals surface area contributed by atoms with Crippen molar-refractivity contribution in [1.29, 1.82) is 0 Å². The molecule has 2 aromatic rings. The Balaban J connectivity index is 1.39. The summed E-state index contributed by atoms with van der Waals surface area (Å²) in [6.07, 6.45) is 0.251. The Kier molecular flexibility index (Phi) is 5.13. The van der Waals surface area contributed by atoms with E-state index in [1.807, 2.05) is 31.2 Å². The van der Waals surface area contributed by atoms with Gasteiger partial charge in [0.2, 0.25) is 5.91 Å². The predicted molar refractivity (Wildman–Crippen MR) is 109 cm³/mol.